The molecule has 6 rings (SSSR count). The minimum absolute atomic E-state index is 0.155. The number of hydrogen-bond acceptors (Lipinski definition) is 8. The van der Waals surface area contributed by atoms with Gasteiger partial charge in [0, 0.05) is 38.5 Å². The largest absolute Gasteiger partial charge is 0.497 e. The van der Waals surface area contributed by atoms with Crippen LogP contribution in [-0.4, -0.2) is 56.4 Å². The van der Waals surface area contributed by atoms with E-state index in [2.05, 4.69) is 25.7 Å². The fraction of sp³-hybridized carbons (Fsp3) is 0.258. The smallest absolute Gasteiger partial charge is 0.279 e. The molecule has 0 unspecified atom stereocenters. The quantitative estimate of drug-likeness (QED) is 0.253. The summed E-state index contributed by atoms with van der Waals surface area (Å²) < 4.78 is 21.7. The third-order valence-electron chi connectivity index (χ3n) is 7.37. The Hall–Kier alpha value is -5.26. The molecule has 4 aromatic heterocycles. The van der Waals surface area contributed by atoms with E-state index in [1.54, 1.807) is 43.8 Å². The minimum atomic E-state index is -1.05. The highest BCUT2D eigenvalue weighted by Crippen LogP contribution is 2.28. The average Bonchev–Trinajstić information content (AvgIpc) is 3.54. The lowest BCUT2D eigenvalue weighted by atomic mass is 10.2. The molecule has 220 valence electrons. The van der Waals surface area contributed by atoms with Crippen LogP contribution in [0.2, 0.25) is 0 Å². The van der Waals surface area contributed by atoms with E-state index in [0.29, 0.717) is 29.5 Å². The van der Waals surface area contributed by atoms with Crippen LogP contribution in [0, 0.1) is 0 Å². The van der Waals surface area contributed by atoms with Crippen molar-refractivity contribution in [3.05, 3.63) is 100 Å². The number of halogens is 1. The van der Waals surface area contributed by atoms with Gasteiger partial charge in [0.1, 0.15) is 23.4 Å². The lowest BCUT2D eigenvalue weighted by molar-refractivity contribution is 0.0940. The first-order valence-corrected chi connectivity index (χ1v) is 14.0. The lowest BCUT2D eigenvalue weighted by Gasteiger charge is -2.21. The molecule has 0 aliphatic heterocycles. The number of ether oxygens (including phenoxy) is 1. The van der Waals surface area contributed by atoms with Crippen molar-refractivity contribution < 1.29 is 13.9 Å². The van der Waals surface area contributed by atoms with Gasteiger partial charge >= 0.3 is 0 Å². The number of carbonyl (C=O) groups excluding carboxylic acids is 1. The Morgan fingerprint density at radius 3 is 2.56 bits per heavy atom. The van der Waals surface area contributed by atoms with Gasteiger partial charge in [-0.2, -0.15) is 0 Å². The van der Waals surface area contributed by atoms with Gasteiger partial charge in [-0.05, 0) is 47.9 Å². The van der Waals surface area contributed by atoms with Crippen LogP contribution in [0.3, 0.4) is 0 Å². The number of methoxy groups -OCH3 is 1. The molecule has 1 amide bonds. The van der Waals surface area contributed by atoms with Crippen LogP contribution >= 0.6 is 0 Å². The zero-order valence-corrected chi connectivity index (χ0v) is 24.0. The van der Waals surface area contributed by atoms with Crippen LogP contribution in [0.1, 0.15) is 35.0 Å². The molecule has 0 saturated heterocycles. The number of fused-ring (bicyclic) bond motifs is 1. The molecular weight excluding hydrogens is 551 g/mol. The lowest BCUT2D eigenvalue weighted by Crippen LogP contribution is -2.28. The Morgan fingerprint density at radius 1 is 1.12 bits per heavy atom. The zero-order chi connectivity index (χ0) is 30.1. The van der Waals surface area contributed by atoms with Crippen LogP contribution in [0.5, 0.6) is 5.75 Å². The highest BCUT2D eigenvalue weighted by Gasteiger charge is 2.39. The Balaban J connectivity index is 1.37. The molecule has 2 atom stereocenters. The van der Waals surface area contributed by atoms with Crippen molar-refractivity contribution in [2.45, 2.75) is 38.5 Å². The number of carbonyl (C=O) groups is 1. The first-order chi connectivity index (χ1) is 20.8. The third kappa shape index (κ3) is 5.76. The van der Waals surface area contributed by atoms with Gasteiger partial charge < -0.3 is 20.3 Å². The van der Waals surface area contributed by atoms with Gasteiger partial charge in [0.2, 0.25) is 0 Å². The van der Waals surface area contributed by atoms with Gasteiger partial charge in [0.25, 0.3) is 11.5 Å². The van der Waals surface area contributed by atoms with E-state index < -0.39 is 18.1 Å². The molecule has 11 nitrogen and oxygen atoms in total. The summed E-state index contributed by atoms with van der Waals surface area (Å²) in [6.45, 7) is 2.56. The second-order valence-electron chi connectivity index (χ2n) is 10.4. The van der Waals surface area contributed by atoms with E-state index in [4.69, 9.17) is 4.74 Å². The number of nitrogens with one attached hydrogen (secondary N) is 2. The first-order valence-electron chi connectivity index (χ1n) is 14.0. The van der Waals surface area contributed by atoms with Crippen LogP contribution < -0.4 is 25.8 Å². The summed E-state index contributed by atoms with van der Waals surface area (Å²) in [7, 11) is 3.52. The fourth-order valence-corrected chi connectivity index (χ4v) is 4.77. The van der Waals surface area contributed by atoms with Gasteiger partial charge in [-0.15, -0.1) is 5.10 Å². The number of pyridine rings is 2. The molecule has 0 spiro atoms. The van der Waals surface area contributed by atoms with Crippen LogP contribution in [0.4, 0.5) is 21.6 Å². The van der Waals surface area contributed by atoms with Gasteiger partial charge in [-0.1, -0.05) is 25.1 Å². The standard InChI is InChI=1S/C31H31FN8O3/c1-4-19-9-12-28(33-16-19)39-13-5-6-23(31(39)42)35-27-15-25(38(2)18-20-7-10-21(43-3)11-8-20)29-34-17-26(40(29)37-27)30(41)36-24-14-22(24)32/h5-13,15-17,22,24H,4,14,18H2,1-3H3,(H,35,37)(H,36,41)/t22-,24+/m0/s1. The van der Waals surface area contributed by atoms with Gasteiger partial charge in [-0.25, -0.2) is 18.9 Å². The van der Waals surface area contributed by atoms with Crippen molar-refractivity contribution in [2.24, 2.45) is 0 Å². The van der Waals surface area contributed by atoms with Crippen LogP contribution in [0.15, 0.2) is 78.0 Å². The summed E-state index contributed by atoms with van der Waals surface area (Å²) in [6, 6.07) is 16.1. The monoisotopic (exact) mass is 582 g/mol. The number of hydrogen-bond donors (Lipinski definition) is 2. The molecule has 4 heterocycles. The maximum atomic E-state index is 13.5. The predicted octanol–water partition coefficient (Wildman–Crippen LogP) is 4.07. The number of aryl methyl sites for hydroxylation is 1. The molecule has 5 aromatic rings. The molecule has 1 aliphatic rings. The van der Waals surface area contributed by atoms with Gasteiger partial charge in [-0.3, -0.25) is 14.2 Å². The number of nitrogens with zero attached hydrogens (tertiary/aromatic N) is 6. The van der Waals surface area contributed by atoms with Crippen molar-refractivity contribution in [2.75, 3.05) is 24.4 Å². The molecule has 2 N–H and O–H groups in total. The van der Waals surface area contributed by atoms with E-state index in [0.717, 1.165) is 23.3 Å². The molecule has 0 radical (unpaired) electrons. The minimum Gasteiger partial charge on any atom is -0.497 e. The van der Waals surface area contributed by atoms with E-state index in [-0.39, 0.29) is 23.4 Å². The SMILES string of the molecule is CCc1ccc(-n2cccc(Nc3cc(N(C)Cc4ccc(OC)cc4)c4ncc(C(=O)N[C@@H]5C[C@@H]5F)n4n3)c2=O)nc1. The second kappa shape index (κ2) is 11.6. The van der Waals surface area contributed by atoms with Crippen LogP contribution in [-0.2, 0) is 13.0 Å². The molecule has 43 heavy (non-hydrogen) atoms. The summed E-state index contributed by atoms with van der Waals surface area (Å²) in [5, 5.41) is 10.4. The van der Waals surface area contributed by atoms with E-state index in [9.17, 15) is 14.0 Å². The maximum absolute atomic E-state index is 13.5. The van der Waals surface area contributed by atoms with E-state index >= 15 is 0 Å². The number of imidazole rings is 1. The Labute approximate surface area is 247 Å². The Kier molecular flexibility index (Phi) is 7.49. The summed E-state index contributed by atoms with van der Waals surface area (Å²) >= 11 is 0. The Morgan fingerprint density at radius 2 is 1.88 bits per heavy atom. The number of amides is 1. The summed E-state index contributed by atoms with van der Waals surface area (Å²) in [4.78, 5) is 37.4. The highest BCUT2D eigenvalue weighted by molar-refractivity contribution is 5.94. The second-order valence-corrected chi connectivity index (χ2v) is 10.4. The molecule has 1 fully saturated rings. The summed E-state index contributed by atoms with van der Waals surface area (Å²) in [5.74, 6) is 1.09. The summed E-state index contributed by atoms with van der Waals surface area (Å²) in [5.41, 5.74) is 3.29. The highest BCUT2D eigenvalue weighted by atomic mass is 19.1. The Bertz CT molecular complexity index is 1840. The number of rotatable bonds is 10. The van der Waals surface area contributed by atoms with E-state index in [1.165, 1.54) is 15.3 Å². The van der Waals surface area contributed by atoms with Crippen molar-refractivity contribution in [1.29, 1.82) is 0 Å². The maximum Gasteiger partial charge on any atom is 0.279 e. The molecule has 0 bridgehead atoms. The van der Waals surface area contributed by atoms with Crippen molar-refractivity contribution in [3.63, 3.8) is 0 Å². The average molecular weight is 583 g/mol. The third-order valence-corrected chi connectivity index (χ3v) is 7.37. The summed E-state index contributed by atoms with van der Waals surface area (Å²) in [6.07, 6.45) is 4.91. The predicted molar refractivity (Wildman–Crippen MR) is 161 cm³/mol. The molecule has 1 aromatic carbocycles. The van der Waals surface area contributed by atoms with Crippen molar-refractivity contribution in [3.8, 4) is 11.6 Å². The van der Waals surface area contributed by atoms with Gasteiger partial charge in [0.15, 0.2) is 17.2 Å². The van der Waals surface area contributed by atoms with Gasteiger partial charge in [0.05, 0.1) is 25.0 Å². The topological polar surface area (TPSA) is 119 Å². The molecule has 1 aliphatic carbocycles. The van der Waals surface area contributed by atoms with E-state index in [1.807, 2.05) is 49.2 Å². The number of alkyl halides is 1. The van der Waals surface area contributed by atoms with Crippen molar-refractivity contribution in [1.82, 2.24) is 29.5 Å². The molecule has 12 heteroatoms. The number of anilines is 3. The zero-order valence-electron chi connectivity index (χ0n) is 24.0. The first kappa shape index (κ1) is 27.9. The normalized spacial score (nSPS) is 15.7. The molecule has 1 saturated carbocycles. The fourth-order valence-electron chi connectivity index (χ4n) is 4.77. The van der Waals surface area contributed by atoms with Crippen LogP contribution in [0.25, 0.3) is 11.5 Å². The number of benzene rings is 1. The van der Waals surface area contributed by atoms with Crippen molar-refractivity contribution >= 4 is 28.7 Å². The number of aromatic nitrogens is 5. The molecular formula is C31H31FN8O3.